The molecule has 154 valence electrons. The van der Waals surface area contributed by atoms with E-state index in [2.05, 4.69) is 10.3 Å². The number of anilines is 1. The summed E-state index contributed by atoms with van der Waals surface area (Å²) < 4.78 is 54.0. The maximum Gasteiger partial charge on any atom is 0.417 e. The molecule has 0 aliphatic carbocycles. The molecule has 1 atom stereocenters. The summed E-state index contributed by atoms with van der Waals surface area (Å²) in [5.41, 5.74) is 3.55. The van der Waals surface area contributed by atoms with Gasteiger partial charge in [-0.25, -0.2) is 4.39 Å². The number of rotatable bonds is 3. The van der Waals surface area contributed by atoms with Crippen LogP contribution in [0.2, 0.25) is 5.02 Å². The van der Waals surface area contributed by atoms with Crippen molar-refractivity contribution in [1.82, 2.24) is 0 Å². The molecule has 0 saturated carbocycles. The number of nitrogens with two attached hydrogens (primary N) is 1. The fourth-order valence-corrected chi connectivity index (χ4v) is 4.16. The Morgan fingerprint density at radius 2 is 2.03 bits per heavy atom. The molecule has 10 heteroatoms. The number of nitrogens with one attached hydrogen (secondary N) is 1. The van der Waals surface area contributed by atoms with Crippen LogP contribution in [-0.4, -0.2) is 16.8 Å². The first-order valence-corrected chi connectivity index (χ1v) is 9.83. The summed E-state index contributed by atoms with van der Waals surface area (Å²) in [6.45, 7) is 1.87. The summed E-state index contributed by atoms with van der Waals surface area (Å²) in [7, 11) is 0. The maximum absolute atomic E-state index is 14.3. The second kappa shape index (κ2) is 7.87. The number of amidine groups is 1. The number of amides is 1. The lowest BCUT2D eigenvalue weighted by Crippen LogP contribution is -2.29. The van der Waals surface area contributed by atoms with E-state index in [0.717, 1.165) is 17.4 Å². The van der Waals surface area contributed by atoms with Crippen LogP contribution in [0.5, 0.6) is 0 Å². The third-order valence-electron chi connectivity index (χ3n) is 4.57. The van der Waals surface area contributed by atoms with Crippen LogP contribution in [0, 0.1) is 5.82 Å². The second-order valence-electron chi connectivity index (χ2n) is 6.64. The van der Waals surface area contributed by atoms with Gasteiger partial charge in [0.2, 0.25) is 0 Å². The number of alkyl halides is 3. The second-order valence-corrected chi connectivity index (χ2v) is 8.16. The van der Waals surface area contributed by atoms with E-state index in [4.69, 9.17) is 17.3 Å². The zero-order valence-electron chi connectivity index (χ0n) is 15.1. The van der Waals surface area contributed by atoms with E-state index < -0.39 is 39.6 Å². The Morgan fingerprint density at radius 3 is 2.69 bits per heavy atom. The highest BCUT2D eigenvalue weighted by molar-refractivity contribution is 8.13. The third-order valence-corrected chi connectivity index (χ3v) is 5.65. The lowest BCUT2D eigenvalue weighted by atomic mass is 9.89. The van der Waals surface area contributed by atoms with E-state index in [0.29, 0.717) is 17.7 Å². The van der Waals surface area contributed by atoms with E-state index in [1.54, 1.807) is 18.2 Å². The summed E-state index contributed by atoms with van der Waals surface area (Å²) in [6.07, 6.45) is -4.23. The SMILES string of the molecule is CC1(c2cccc(NC(=O)c3c(C(F)(F)F)ccc(Cl)c3F)c2)CCSC(N)=N1. The molecule has 3 N–H and O–H groups in total. The van der Waals surface area contributed by atoms with E-state index >= 15 is 0 Å². The summed E-state index contributed by atoms with van der Waals surface area (Å²) in [4.78, 5) is 17.0. The Kier molecular flexibility index (Phi) is 5.82. The molecule has 0 spiro atoms. The molecule has 1 heterocycles. The molecule has 1 amide bonds. The van der Waals surface area contributed by atoms with Gasteiger partial charge in [0.05, 0.1) is 21.7 Å². The monoisotopic (exact) mass is 445 g/mol. The third kappa shape index (κ3) is 4.51. The van der Waals surface area contributed by atoms with Crippen molar-refractivity contribution >= 4 is 40.1 Å². The van der Waals surface area contributed by atoms with Gasteiger partial charge in [-0.1, -0.05) is 35.5 Å². The van der Waals surface area contributed by atoms with Crippen LogP contribution in [0.3, 0.4) is 0 Å². The minimum atomic E-state index is -4.92. The summed E-state index contributed by atoms with van der Waals surface area (Å²) in [5.74, 6) is -1.92. The molecule has 1 unspecified atom stereocenters. The number of hydrogen-bond donors (Lipinski definition) is 2. The first-order chi connectivity index (χ1) is 13.5. The molecule has 1 aliphatic heterocycles. The van der Waals surface area contributed by atoms with Crippen LogP contribution < -0.4 is 11.1 Å². The van der Waals surface area contributed by atoms with Gasteiger partial charge in [-0.3, -0.25) is 9.79 Å². The van der Waals surface area contributed by atoms with Crippen molar-refractivity contribution in [3.63, 3.8) is 0 Å². The van der Waals surface area contributed by atoms with Gasteiger partial charge in [0.25, 0.3) is 5.91 Å². The number of thioether (sulfide) groups is 1. The summed E-state index contributed by atoms with van der Waals surface area (Å²) in [5, 5.41) is 2.18. The predicted molar refractivity (Wildman–Crippen MR) is 107 cm³/mol. The molecule has 2 aromatic carbocycles. The van der Waals surface area contributed by atoms with Crippen LogP contribution in [0.4, 0.5) is 23.2 Å². The quantitative estimate of drug-likeness (QED) is 0.620. The molecule has 0 bridgehead atoms. The minimum Gasteiger partial charge on any atom is -0.379 e. The van der Waals surface area contributed by atoms with Crippen molar-refractivity contribution in [2.24, 2.45) is 10.7 Å². The van der Waals surface area contributed by atoms with Crippen molar-refractivity contribution < 1.29 is 22.4 Å². The first kappa shape index (κ1) is 21.4. The van der Waals surface area contributed by atoms with Crippen molar-refractivity contribution in [2.45, 2.75) is 25.1 Å². The highest BCUT2D eigenvalue weighted by atomic mass is 35.5. The molecule has 0 aromatic heterocycles. The van der Waals surface area contributed by atoms with Gasteiger partial charge in [-0.05, 0) is 43.2 Å². The number of nitrogens with zero attached hydrogens (tertiary/aromatic N) is 1. The first-order valence-electron chi connectivity index (χ1n) is 8.46. The Balaban J connectivity index is 1.96. The van der Waals surface area contributed by atoms with Gasteiger partial charge < -0.3 is 11.1 Å². The smallest absolute Gasteiger partial charge is 0.379 e. The molecule has 0 radical (unpaired) electrons. The van der Waals surface area contributed by atoms with Crippen LogP contribution in [0.1, 0.15) is 34.8 Å². The molecule has 29 heavy (non-hydrogen) atoms. The molecule has 3 rings (SSSR count). The Hall–Kier alpha value is -2.26. The standard InChI is InChI=1S/C19H16ClF4N3OS/c1-18(7-8-29-17(25)27-18)10-3-2-4-11(9-10)26-16(28)14-12(19(22,23)24)5-6-13(20)15(14)21/h2-6,9H,7-8H2,1H3,(H2,25,27)(H,26,28). The Morgan fingerprint density at radius 1 is 1.31 bits per heavy atom. The van der Waals surface area contributed by atoms with Crippen molar-refractivity contribution in [3.8, 4) is 0 Å². The lowest BCUT2D eigenvalue weighted by Gasteiger charge is -2.30. The average molecular weight is 446 g/mol. The van der Waals surface area contributed by atoms with Gasteiger partial charge in [0.15, 0.2) is 11.0 Å². The Bertz CT molecular complexity index is 996. The van der Waals surface area contributed by atoms with Gasteiger partial charge in [-0.2, -0.15) is 13.2 Å². The van der Waals surface area contributed by atoms with E-state index in [9.17, 15) is 22.4 Å². The van der Waals surface area contributed by atoms with E-state index in [1.807, 2.05) is 6.92 Å². The fourth-order valence-electron chi connectivity index (χ4n) is 3.03. The van der Waals surface area contributed by atoms with Crippen molar-refractivity contribution in [2.75, 3.05) is 11.1 Å². The fraction of sp³-hybridized carbons (Fsp3) is 0.263. The number of hydrogen-bond acceptors (Lipinski definition) is 4. The number of carbonyl (C=O) groups is 1. The van der Waals surface area contributed by atoms with Crippen LogP contribution in [0.15, 0.2) is 41.4 Å². The van der Waals surface area contributed by atoms with Gasteiger partial charge in [0.1, 0.15) is 0 Å². The van der Waals surface area contributed by atoms with Gasteiger partial charge in [0, 0.05) is 11.4 Å². The highest BCUT2D eigenvalue weighted by Crippen LogP contribution is 2.37. The molecule has 1 aliphatic rings. The maximum atomic E-state index is 14.3. The molecule has 0 fully saturated rings. The van der Waals surface area contributed by atoms with Crippen LogP contribution in [0.25, 0.3) is 0 Å². The van der Waals surface area contributed by atoms with E-state index in [1.165, 1.54) is 17.8 Å². The molecule has 2 aromatic rings. The molecule has 4 nitrogen and oxygen atoms in total. The van der Waals surface area contributed by atoms with Gasteiger partial charge in [-0.15, -0.1) is 0 Å². The molecular formula is C19H16ClF4N3OS. The predicted octanol–water partition coefficient (Wildman–Crippen LogP) is 5.42. The largest absolute Gasteiger partial charge is 0.417 e. The van der Waals surface area contributed by atoms with Crippen LogP contribution in [-0.2, 0) is 11.7 Å². The minimum absolute atomic E-state index is 0.202. The highest BCUT2D eigenvalue weighted by Gasteiger charge is 2.38. The molecule has 0 saturated heterocycles. The number of halogens is 5. The zero-order valence-corrected chi connectivity index (χ0v) is 16.7. The molecular weight excluding hydrogens is 430 g/mol. The van der Waals surface area contributed by atoms with Crippen LogP contribution >= 0.6 is 23.4 Å². The number of benzene rings is 2. The number of carbonyl (C=O) groups excluding carboxylic acids is 1. The summed E-state index contributed by atoms with van der Waals surface area (Å²) in [6, 6.07) is 7.83. The summed E-state index contributed by atoms with van der Waals surface area (Å²) >= 11 is 7.02. The van der Waals surface area contributed by atoms with Gasteiger partial charge >= 0.3 is 6.18 Å². The average Bonchev–Trinajstić information content (AvgIpc) is 2.63. The normalized spacial score (nSPS) is 19.6. The van der Waals surface area contributed by atoms with E-state index in [-0.39, 0.29) is 5.69 Å². The topological polar surface area (TPSA) is 67.5 Å². The Labute approximate surface area is 173 Å². The van der Waals surface area contributed by atoms with Crippen molar-refractivity contribution in [1.29, 1.82) is 0 Å². The lowest BCUT2D eigenvalue weighted by molar-refractivity contribution is -0.138. The van der Waals surface area contributed by atoms with Crippen molar-refractivity contribution in [3.05, 3.63) is 63.9 Å². The zero-order chi connectivity index (χ0) is 21.4. The number of aliphatic imine (C=N–C) groups is 1.